The van der Waals surface area contributed by atoms with Gasteiger partial charge in [0.25, 0.3) is 0 Å². The fourth-order valence-corrected chi connectivity index (χ4v) is 2.34. The first-order valence-corrected chi connectivity index (χ1v) is 6.32. The molecular formula is C12H22N4. The normalized spacial score (nSPS) is 19.7. The van der Waals surface area contributed by atoms with Crippen LogP contribution in [0.4, 0.5) is 0 Å². The summed E-state index contributed by atoms with van der Waals surface area (Å²) in [4.78, 5) is 0. The van der Waals surface area contributed by atoms with Crippen LogP contribution in [0.1, 0.15) is 51.4 Å². The van der Waals surface area contributed by atoms with Crippen molar-refractivity contribution in [1.29, 1.82) is 0 Å². The highest BCUT2D eigenvalue weighted by molar-refractivity contribution is 4.96. The quantitative estimate of drug-likeness (QED) is 0.801. The Morgan fingerprint density at radius 3 is 2.81 bits per heavy atom. The molecule has 2 unspecified atom stereocenters. The highest BCUT2D eigenvalue weighted by atomic mass is 15.3. The van der Waals surface area contributed by atoms with Crippen LogP contribution in [0.25, 0.3) is 0 Å². The van der Waals surface area contributed by atoms with Crippen molar-refractivity contribution >= 4 is 0 Å². The van der Waals surface area contributed by atoms with Gasteiger partial charge in [-0.1, -0.05) is 13.3 Å². The van der Waals surface area contributed by atoms with Crippen molar-refractivity contribution in [2.75, 3.05) is 0 Å². The largest absolute Gasteiger partial charge is 0.319 e. The molecule has 1 fully saturated rings. The first kappa shape index (κ1) is 11.6. The number of hydrogen-bond acceptors (Lipinski definition) is 3. The summed E-state index contributed by atoms with van der Waals surface area (Å²) in [7, 11) is 2.00. The van der Waals surface area contributed by atoms with E-state index in [4.69, 9.17) is 0 Å². The van der Waals surface area contributed by atoms with Crippen LogP contribution >= 0.6 is 0 Å². The van der Waals surface area contributed by atoms with Gasteiger partial charge < -0.3 is 9.88 Å². The Labute approximate surface area is 97.5 Å². The zero-order valence-corrected chi connectivity index (χ0v) is 10.5. The second-order valence-corrected chi connectivity index (χ2v) is 4.92. The van der Waals surface area contributed by atoms with Crippen molar-refractivity contribution in [2.24, 2.45) is 13.0 Å². The molecule has 0 aromatic carbocycles. The van der Waals surface area contributed by atoms with Crippen LogP contribution in [0.2, 0.25) is 0 Å². The Morgan fingerprint density at radius 2 is 2.31 bits per heavy atom. The predicted octanol–water partition coefficient (Wildman–Crippen LogP) is 2.04. The molecule has 0 spiro atoms. The fraction of sp³-hybridized carbons (Fsp3) is 0.833. The Morgan fingerprint density at radius 1 is 1.56 bits per heavy atom. The summed E-state index contributed by atoms with van der Waals surface area (Å²) >= 11 is 0. The minimum Gasteiger partial charge on any atom is -0.319 e. The lowest BCUT2D eigenvalue weighted by molar-refractivity contribution is 0.377. The molecule has 1 aromatic heterocycles. The lowest BCUT2D eigenvalue weighted by Gasteiger charge is -2.22. The van der Waals surface area contributed by atoms with Gasteiger partial charge in [0.1, 0.15) is 12.2 Å². The van der Waals surface area contributed by atoms with Gasteiger partial charge in [-0.25, -0.2) is 0 Å². The SMILES string of the molecule is CCCC(NC(C)c1nncn1C)C1CC1. The van der Waals surface area contributed by atoms with E-state index in [1.54, 1.807) is 6.33 Å². The average molecular weight is 222 g/mol. The fourth-order valence-electron chi connectivity index (χ4n) is 2.34. The molecule has 0 bridgehead atoms. The van der Waals surface area contributed by atoms with E-state index in [1.165, 1.54) is 25.7 Å². The van der Waals surface area contributed by atoms with E-state index in [1.807, 2.05) is 11.6 Å². The van der Waals surface area contributed by atoms with Crippen LogP contribution in [0.15, 0.2) is 6.33 Å². The van der Waals surface area contributed by atoms with Crippen LogP contribution in [-0.2, 0) is 7.05 Å². The van der Waals surface area contributed by atoms with E-state index in [0.29, 0.717) is 12.1 Å². The second kappa shape index (κ2) is 4.95. The summed E-state index contributed by atoms with van der Waals surface area (Å²) in [6, 6.07) is 0.960. The third-order valence-electron chi connectivity index (χ3n) is 3.39. The number of nitrogens with zero attached hydrogens (tertiary/aromatic N) is 3. The van der Waals surface area contributed by atoms with Gasteiger partial charge in [0.15, 0.2) is 0 Å². The van der Waals surface area contributed by atoms with Crippen molar-refractivity contribution in [1.82, 2.24) is 20.1 Å². The number of hydrogen-bond donors (Lipinski definition) is 1. The van der Waals surface area contributed by atoms with Crippen LogP contribution in [0.5, 0.6) is 0 Å². The lowest BCUT2D eigenvalue weighted by Crippen LogP contribution is -2.34. The number of rotatable bonds is 6. The minimum absolute atomic E-state index is 0.296. The molecule has 1 N–H and O–H groups in total. The summed E-state index contributed by atoms with van der Waals surface area (Å²) in [6.45, 7) is 4.43. The molecule has 2 atom stereocenters. The highest BCUT2D eigenvalue weighted by Crippen LogP contribution is 2.35. The van der Waals surface area contributed by atoms with Gasteiger partial charge in [0.05, 0.1) is 6.04 Å². The Hall–Kier alpha value is -0.900. The molecule has 1 aliphatic carbocycles. The van der Waals surface area contributed by atoms with Gasteiger partial charge in [-0.15, -0.1) is 10.2 Å². The van der Waals surface area contributed by atoms with E-state index < -0.39 is 0 Å². The summed E-state index contributed by atoms with van der Waals surface area (Å²) in [5.41, 5.74) is 0. The van der Waals surface area contributed by atoms with Crippen LogP contribution in [-0.4, -0.2) is 20.8 Å². The smallest absolute Gasteiger partial charge is 0.149 e. The Balaban J connectivity index is 1.94. The highest BCUT2D eigenvalue weighted by Gasteiger charge is 2.31. The number of nitrogens with one attached hydrogen (secondary N) is 1. The van der Waals surface area contributed by atoms with E-state index >= 15 is 0 Å². The number of aromatic nitrogens is 3. The molecule has 0 saturated heterocycles. The lowest BCUT2D eigenvalue weighted by atomic mass is 10.1. The number of aryl methyl sites for hydroxylation is 1. The zero-order chi connectivity index (χ0) is 11.5. The van der Waals surface area contributed by atoms with E-state index in [-0.39, 0.29) is 0 Å². The summed E-state index contributed by atoms with van der Waals surface area (Å²) < 4.78 is 1.99. The van der Waals surface area contributed by atoms with Crippen molar-refractivity contribution in [3.8, 4) is 0 Å². The van der Waals surface area contributed by atoms with Gasteiger partial charge in [-0.2, -0.15) is 0 Å². The average Bonchev–Trinajstić information content (AvgIpc) is 3.00. The molecule has 0 aliphatic heterocycles. The molecule has 1 aromatic rings. The molecule has 4 heteroatoms. The molecule has 2 rings (SSSR count). The molecule has 1 saturated carbocycles. The van der Waals surface area contributed by atoms with Crippen molar-refractivity contribution in [3.63, 3.8) is 0 Å². The summed E-state index contributed by atoms with van der Waals surface area (Å²) in [6.07, 6.45) is 7.07. The molecular weight excluding hydrogens is 200 g/mol. The third kappa shape index (κ3) is 2.61. The van der Waals surface area contributed by atoms with Gasteiger partial charge in [0, 0.05) is 13.1 Å². The second-order valence-electron chi connectivity index (χ2n) is 4.92. The molecule has 90 valence electrons. The van der Waals surface area contributed by atoms with Crippen LogP contribution in [0, 0.1) is 5.92 Å². The predicted molar refractivity (Wildman–Crippen MR) is 64.0 cm³/mol. The van der Waals surface area contributed by atoms with Crippen molar-refractivity contribution < 1.29 is 0 Å². The molecule has 1 heterocycles. The van der Waals surface area contributed by atoms with Gasteiger partial charge in [0.2, 0.25) is 0 Å². The van der Waals surface area contributed by atoms with Crippen molar-refractivity contribution in [2.45, 2.75) is 51.6 Å². The van der Waals surface area contributed by atoms with Crippen molar-refractivity contribution in [3.05, 3.63) is 12.2 Å². The maximum atomic E-state index is 4.16. The molecule has 4 nitrogen and oxygen atoms in total. The summed E-state index contributed by atoms with van der Waals surface area (Å²) in [5, 5.41) is 11.8. The van der Waals surface area contributed by atoms with Gasteiger partial charge in [-0.05, 0) is 32.1 Å². The van der Waals surface area contributed by atoms with E-state index in [9.17, 15) is 0 Å². The molecule has 0 amide bonds. The maximum Gasteiger partial charge on any atom is 0.149 e. The van der Waals surface area contributed by atoms with Gasteiger partial charge in [-0.3, -0.25) is 0 Å². The Bertz CT molecular complexity index is 330. The minimum atomic E-state index is 0.296. The standard InChI is InChI=1S/C12H22N4/c1-4-5-11(10-6-7-10)14-9(2)12-15-13-8-16(12)3/h8-11,14H,4-7H2,1-3H3. The first-order chi connectivity index (χ1) is 7.72. The van der Waals surface area contributed by atoms with Gasteiger partial charge >= 0.3 is 0 Å². The maximum absolute atomic E-state index is 4.16. The van der Waals surface area contributed by atoms with E-state index in [2.05, 4.69) is 29.4 Å². The Kier molecular flexibility index (Phi) is 3.59. The monoisotopic (exact) mass is 222 g/mol. The molecule has 16 heavy (non-hydrogen) atoms. The molecule has 0 radical (unpaired) electrons. The third-order valence-corrected chi connectivity index (χ3v) is 3.39. The zero-order valence-electron chi connectivity index (χ0n) is 10.5. The van der Waals surface area contributed by atoms with E-state index in [0.717, 1.165) is 11.7 Å². The molecule has 1 aliphatic rings. The van der Waals surface area contributed by atoms with Crippen LogP contribution < -0.4 is 5.32 Å². The van der Waals surface area contributed by atoms with Crippen LogP contribution in [0.3, 0.4) is 0 Å². The first-order valence-electron chi connectivity index (χ1n) is 6.32. The topological polar surface area (TPSA) is 42.7 Å². The summed E-state index contributed by atoms with van der Waals surface area (Å²) in [5.74, 6) is 1.93.